The molecule has 0 radical (unpaired) electrons. The second-order valence-corrected chi connectivity index (χ2v) is 12.0. The SMILES string of the molecule is N#CC1=CC=CN(c2ccccc2Cl)[C@@]1(NC1CC(F)(F)C1)N(C(=O)[C@@H]1CCS(=O)(=O)N1)c1cc(F)cc(F)c1. The summed E-state index contributed by atoms with van der Waals surface area (Å²) < 4.78 is 84.0. The van der Waals surface area contributed by atoms with Gasteiger partial charge in [0.1, 0.15) is 23.7 Å². The van der Waals surface area contributed by atoms with Crippen molar-refractivity contribution in [2.75, 3.05) is 15.6 Å². The summed E-state index contributed by atoms with van der Waals surface area (Å²) in [6.07, 6.45) is 2.74. The van der Waals surface area contributed by atoms with E-state index in [-0.39, 0.29) is 34.1 Å². The fourth-order valence-corrected chi connectivity index (χ4v) is 6.71. The number of hydrogen-bond donors (Lipinski definition) is 2. The molecule has 0 unspecified atom stereocenters. The van der Waals surface area contributed by atoms with Gasteiger partial charge in [0.15, 0.2) is 0 Å². The smallest absolute Gasteiger partial charge is 0.251 e. The molecule has 2 heterocycles. The number of nitrogens with one attached hydrogen (secondary N) is 2. The molecule has 210 valence electrons. The molecule has 2 aliphatic heterocycles. The molecule has 2 aromatic rings. The van der Waals surface area contributed by atoms with Crippen LogP contribution in [0.4, 0.5) is 28.9 Å². The standard InChI is InChI=1S/C26H22ClF4N5O3S/c27-21-5-1-2-6-23(21)35-8-3-4-16(15-32)26(35,33-19-13-25(30,31)14-19)36(20-11-17(28)10-18(29)12-20)24(37)22-7-9-40(38,39)34-22/h1-6,8,10-12,19,22,33-34H,7,9,13-14H2/t22-,26+/m0/s1. The minimum Gasteiger partial charge on any atom is -0.306 e. The Bertz CT molecular complexity index is 1550. The number of carbonyl (C=O) groups excluding carboxylic acids is 1. The number of amides is 1. The van der Waals surface area contributed by atoms with Gasteiger partial charge in [-0.1, -0.05) is 23.7 Å². The van der Waals surface area contributed by atoms with E-state index in [0.717, 1.165) is 17.0 Å². The molecule has 3 aliphatic rings. The number of hydrogen-bond acceptors (Lipinski definition) is 6. The molecule has 2 N–H and O–H groups in total. The van der Waals surface area contributed by atoms with Crippen LogP contribution in [-0.2, 0) is 14.8 Å². The van der Waals surface area contributed by atoms with Crippen LogP contribution >= 0.6 is 11.6 Å². The highest BCUT2D eigenvalue weighted by atomic mass is 35.5. The van der Waals surface area contributed by atoms with Crippen LogP contribution in [0, 0.1) is 23.0 Å². The topological polar surface area (TPSA) is 106 Å². The number of alkyl halides is 2. The van der Waals surface area contributed by atoms with Crippen LogP contribution in [0.25, 0.3) is 0 Å². The maximum Gasteiger partial charge on any atom is 0.251 e. The summed E-state index contributed by atoms with van der Waals surface area (Å²) in [5, 5.41) is 13.4. The molecule has 1 aliphatic carbocycles. The van der Waals surface area contributed by atoms with Crippen molar-refractivity contribution in [2.24, 2.45) is 0 Å². The van der Waals surface area contributed by atoms with Crippen molar-refractivity contribution in [3.8, 4) is 6.07 Å². The van der Waals surface area contributed by atoms with Gasteiger partial charge in [0.2, 0.25) is 21.7 Å². The van der Waals surface area contributed by atoms with Gasteiger partial charge in [-0.05, 0) is 42.8 Å². The van der Waals surface area contributed by atoms with Gasteiger partial charge < -0.3 is 4.90 Å². The molecular formula is C26H22ClF4N5O3S. The molecular weight excluding hydrogens is 574 g/mol. The molecule has 1 saturated carbocycles. The van der Waals surface area contributed by atoms with E-state index >= 15 is 0 Å². The summed E-state index contributed by atoms with van der Waals surface area (Å²) in [4.78, 5) is 16.4. The van der Waals surface area contributed by atoms with Gasteiger partial charge in [-0.3, -0.25) is 15.0 Å². The first kappa shape index (κ1) is 28.1. The van der Waals surface area contributed by atoms with Crippen molar-refractivity contribution < 1.29 is 30.8 Å². The van der Waals surface area contributed by atoms with Crippen LogP contribution in [0.3, 0.4) is 0 Å². The maximum absolute atomic E-state index is 14.6. The second-order valence-electron chi connectivity index (χ2n) is 9.71. The van der Waals surface area contributed by atoms with Gasteiger partial charge in [-0.15, -0.1) is 0 Å². The first-order chi connectivity index (χ1) is 18.8. The Morgan fingerprint density at radius 3 is 2.42 bits per heavy atom. The molecule has 1 amide bonds. The summed E-state index contributed by atoms with van der Waals surface area (Å²) in [5.74, 6) is -8.71. The van der Waals surface area contributed by atoms with Gasteiger partial charge in [0.05, 0.1) is 27.7 Å². The molecule has 8 nitrogen and oxygen atoms in total. The Morgan fingerprint density at radius 1 is 1.18 bits per heavy atom. The lowest BCUT2D eigenvalue weighted by Crippen LogP contribution is -2.76. The molecule has 2 aromatic carbocycles. The highest BCUT2D eigenvalue weighted by Crippen LogP contribution is 2.45. The molecule has 40 heavy (non-hydrogen) atoms. The molecule has 1 saturated heterocycles. The molecule has 14 heteroatoms. The van der Waals surface area contributed by atoms with Crippen LogP contribution in [0.1, 0.15) is 19.3 Å². The van der Waals surface area contributed by atoms with Crippen molar-refractivity contribution in [2.45, 2.75) is 43.1 Å². The number of nitriles is 1. The van der Waals surface area contributed by atoms with Crippen molar-refractivity contribution in [1.29, 1.82) is 5.26 Å². The van der Waals surface area contributed by atoms with E-state index in [9.17, 15) is 36.0 Å². The zero-order chi connectivity index (χ0) is 28.9. The second kappa shape index (κ2) is 10.2. The zero-order valence-electron chi connectivity index (χ0n) is 20.6. The van der Waals surface area contributed by atoms with Gasteiger partial charge in [-0.2, -0.15) is 5.26 Å². The van der Waals surface area contributed by atoms with E-state index in [4.69, 9.17) is 11.6 Å². The summed E-state index contributed by atoms with van der Waals surface area (Å²) >= 11 is 6.51. The minimum atomic E-state index is -3.84. The maximum atomic E-state index is 14.6. The first-order valence-corrected chi connectivity index (χ1v) is 14.2. The third-order valence-corrected chi connectivity index (χ3v) is 8.63. The first-order valence-electron chi connectivity index (χ1n) is 12.1. The van der Waals surface area contributed by atoms with E-state index in [0.29, 0.717) is 6.07 Å². The van der Waals surface area contributed by atoms with E-state index in [1.54, 1.807) is 18.2 Å². The number of carbonyl (C=O) groups is 1. The lowest BCUT2D eigenvalue weighted by Gasteiger charge is -2.54. The lowest BCUT2D eigenvalue weighted by atomic mass is 9.86. The Kier molecular flexibility index (Phi) is 7.16. The normalized spacial score (nSPS) is 25.1. The zero-order valence-corrected chi connectivity index (χ0v) is 22.2. The van der Waals surface area contributed by atoms with Crippen molar-refractivity contribution in [3.05, 3.63) is 83.0 Å². The number of allylic oxidation sites excluding steroid dienone is 2. The molecule has 0 spiro atoms. The summed E-state index contributed by atoms with van der Waals surface area (Å²) in [5.41, 5.74) is -0.369. The Hall–Kier alpha value is -3.44. The van der Waals surface area contributed by atoms with Crippen LogP contribution in [0.15, 0.2) is 66.4 Å². The third kappa shape index (κ3) is 5.08. The number of halogens is 5. The predicted molar refractivity (Wildman–Crippen MR) is 140 cm³/mol. The minimum absolute atomic E-state index is 0.149. The van der Waals surface area contributed by atoms with Gasteiger partial charge in [0.25, 0.3) is 5.92 Å². The average Bonchev–Trinajstić information content (AvgIpc) is 3.22. The molecule has 2 atom stereocenters. The molecule has 0 bridgehead atoms. The Labute approximate surface area is 232 Å². The average molecular weight is 596 g/mol. The Morgan fingerprint density at radius 2 is 1.85 bits per heavy atom. The summed E-state index contributed by atoms with van der Waals surface area (Å²) in [7, 11) is -3.84. The Balaban J connectivity index is 1.79. The number of nitrogens with zero attached hydrogens (tertiary/aromatic N) is 3. The largest absolute Gasteiger partial charge is 0.306 e. The monoisotopic (exact) mass is 595 g/mol. The lowest BCUT2D eigenvalue weighted by molar-refractivity contribution is -0.122. The van der Waals surface area contributed by atoms with Gasteiger partial charge in [-0.25, -0.2) is 30.7 Å². The van der Waals surface area contributed by atoms with Crippen LogP contribution in [0.5, 0.6) is 0 Å². The third-order valence-electron chi connectivity index (χ3n) is 6.89. The summed E-state index contributed by atoms with van der Waals surface area (Å²) in [6.45, 7) is 0. The van der Waals surface area contributed by atoms with E-state index in [2.05, 4.69) is 10.0 Å². The fraction of sp³-hybridized carbons (Fsp3) is 0.308. The quantitative estimate of drug-likeness (QED) is 0.384. The molecule has 5 rings (SSSR count). The summed E-state index contributed by atoms with van der Waals surface area (Å²) in [6, 6.07) is 8.20. The molecule has 2 fully saturated rings. The highest BCUT2D eigenvalue weighted by Gasteiger charge is 2.57. The predicted octanol–water partition coefficient (Wildman–Crippen LogP) is 4.17. The van der Waals surface area contributed by atoms with Crippen molar-refractivity contribution in [3.63, 3.8) is 0 Å². The number of para-hydroxylation sites is 1. The number of rotatable bonds is 6. The van der Waals surface area contributed by atoms with E-state index < -0.39 is 64.2 Å². The highest BCUT2D eigenvalue weighted by molar-refractivity contribution is 7.89. The number of anilines is 2. The number of benzene rings is 2. The van der Waals surface area contributed by atoms with Crippen LogP contribution in [0.2, 0.25) is 5.02 Å². The number of sulfonamides is 1. The van der Waals surface area contributed by atoms with Crippen molar-refractivity contribution >= 4 is 38.9 Å². The fourth-order valence-electron chi connectivity index (χ4n) is 5.16. The molecule has 0 aromatic heterocycles. The van der Waals surface area contributed by atoms with E-state index in [1.807, 2.05) is 6.07 Å². The van der Waals surface area contributed by atoms with Crippen LogP contribution in [-0.4, -0.2) is 43.9 Å². The van der Waals surface area contributed by atoms with E-state index in [1.165, 1.54) is 29.3 Å². The van der Waals surface area contributed by atoms with Gasteiger partial charge >= 0.3 is 0 Å². The van der Waals surface area contributed by atoms with Crippen molar-refractivity contribution in [1.82, 2.24) is 10.0 Å². The van der Waals surface area contributed by atoms with Crippen LogP contribution < -0.4 is 19.8 Å². The van der Waals surface area contributed by atoms with Gasteiger partial charge in [0, 0.05) is 31.1 Å².